The zero-order valence-electron chi connectivity index (χ0n) is 18.6. The molecule has 0 bridgehead atoms. The summed E-state index contributed by atoms with van der Waals surface area (Å²) in [4.78, 5) is 19.6. The lowest BCUT2D eigenvalue weighted by Gasteiger charge is -2.30. The third-order valence-corrected chi connectivity index (χ3v) is 6.87. The Morgan fingerprint density at radius 2 is 1.85 bits per heavy atom. The lowest BCUT2D eigenvalue weighted by molar-refractivity contribution is -0.113. The van der Waals surface area contributed by atoms with Crippen LogP contribution >= 0.6 is 11.8 Å². The van der Waals surface area contributed by atoms with Crippen LogP contribution in [0.4, 0.5) is 11.4 Å². The Kier molecular flexibility index (Phi) is 6.26. The first-order chi connectivity index (χ1) is 16.2. The SMILES string of the molecule is Cc1ccc(-n2cnnc2SCC(=O)Nc2ccc(N3CCCCC3)c3ccncc23)cc1. The van der Waals surface area contributed by atoms with Gasteiger partial charge in [0.25, 0.3) is 0 Å². The summed E-state index contributed by atoms with van der Waals surface area (Å²) in [6.45, 7) is 4.19. The van der Waals surface area contributed by atoms with Crippen molar-refractivity contribution in [3.05, 3.63) is 66.7 Å². The zero-order valence-corrected chi connectivity index (χ0v) is 19.4. The highest BCUT2D eigenvalue weighted by molar-refractivity contribution is 7.99. The molecule has 1 aliphatic heterocycles. The molecular weight excluding hydrogens is 432 g/mol. The predicted molar refractivity (Wildman–Crippen MR) is 133 cm³/mol. The maximum Gasteiger partial charge on any atom is 0.234 e. The number of nitrogens with one attached hydrogen (secondary N) is 1. The van der Waals surface area contributed by atoms with Gasteiger partial charge in [0.1, 0.15) is 6.33 Å². The topological polar surface area (TPSA) is 75.9 Å². The minimum atomic E-state index is -0.0886. The van der Waals surface area contributed by atoms with Gasteiger partial charge in [0.2, 0.25) is 5.91 Å². The molecule has 8 heteroatoms. The van der Waals surface area contributed by atoms with Crippen LogP contribution in [0.15, 0.2) is 66.3 Å². The predicted octanol–water partition coefficient (Wildman–Crippen LogP) is 4.85. The number of piperidine rings is 1. The lowest BCUT2D eigenvalue weighted by atomic mass is 10.1. The second-order valence-corrected chi connectivity index (χ2v) is 9.20. The van der Waals surface area contributed by atoms with E-state index >= 15 is 0 Å². The molecule has 0 saturated carbocycles. The Bertz CT molecular complexity index is 1260. The Balaban J connectivity index is 1.30. The van der Waals surface area contributed by atoms with Crippen molar-refractivity contribution in [2.45, 2.75) is 31.3 Å². The molecule has 3 heterocycles. The Labute approximate surface area is 197 Å². The minimum Gasteiger partial charge on any atom is -0.371 e. The number of fused-ring (bicyclic) bond motifs is 1. The number of benzene rings is 2. The third-order valence-electron chi connectivity index (χ3n) is 5.93. The number of nitrogens with zero attached hydrogens (tertiary/aromatic N) is 5. The van der Waals surface area contributed by atoms with E-state index in [1.165, 1.54) is 42.3 Å². The number of hydrogen-bond acceptors (Lipinski definition) is 6. The molecule has 7 nitrogen and oxygen atoms in total. The maximum atomic E-state index is 12.8. The highest BCUT2D eigenvalue weighted by Gasteiger charge is 2.16. The van der Waals surface area contributed by atoms with Crippen LogP contribution in [0, 0.1) is 6.92 Å². The molecule has 1 amide bonds. The van der Waals surface area contributed by atoms with Crippen LogP contribution in [-0.2, 0) is 4.79 Å². The average molecular weight is 459 g/mol. The Hall–Kier alpha value is -3.39. The number of carbonyl (C=O) groups is 1. The molecule has 0 spiro atoms. The fraction of sp³-hybridized carbons (Fsp3) is 0.280. The summed E-state index contributed by atoms with van der Waals surface area (Å²) in [5.74, 6) is 0.148. The van der Waals surface area contributed by atoms with E-state index in [2.05, 4.69) is 31.5 Å². The summed E-state index contributed by atoms with van der Waals surface area (Å²) >= 11 is 1.36. The summed E-state index contributed by atoms with van der Waals surface area (Å²) < 4.78 is 1.89. The van der Waals surface area contributed by atoms with E-state index in [1.54, 1.807) is 6.33 Å². The van der Waals surface area contributed by atoms with Crippen molar-refractivity contribution in [3.63, 3.8) is 0 Å². The molecule has 1 N–H and O–H groups in total. The van der Waals surface area contributed by atoms with E-state index in [9.17, 15) is 4.79 Å². The number of hydrogen-bond donors (Lipinski definition) is 1. The van der Waals surface area contributed by atoms with Crippen LogP contribution < -0.4 is 10.2 Å². The standard InChI is InChI=1S/C25H26N6OS/c1-18-5-7-19(8-6-18)31-17-27-29-25(31)33-16-24(32)28-22-9-10-23(30-13-3-2-4-14-30)20-11-12-26-15-21(20)22/h5-12,15,17H,2-4,13-14,16H2,1H3,(H,28,32). The largest absolute Gasteiger partial charge is 0.371 e. The van der Waals surface area contributed by atoms with Gasteiger partial charge in [-0.1, -0.05) is 29.5 Å². The first kappa shape index (κ1) is 21.5. The van der Waals surface area contributed by atoms with E-state index in [0.29, 0.717) is 5.16 Å². The van der Waals surface area contributed by atoms with E-state index in [1.807, 2.05) is 60.3 Å². The van der Waals surface area contributed by atoms with Gasteiger partial charge in [-0.2, -0.15) is 0 Å². The molecule has 0 radical (unpaired) electrons. The molecule has 2 aromatic heterocycles. The molecule has 5 rings (SSSR count). The molecule has 33 heavy (non-hydrogen) atoms. The smallest absolute Gasteiger partial charge is 0.234 e. The molecule has 1 aliphatic rings. The van der Waals surface area contributed by atoms with Crippen molar-refractivity contribution in [3.8, 4) is 5.69 Å². The van der Waals surface area contributed by atoms with E-state index < -0.39 is 0 Å². The van der Waals surface area contributed by atoms with Crippen molar-refractivity contribution >= 4 is 39.8 Å². The van der Waals surface area contributed by atoms with Crippen LogP contribution in [0.1, 0.15) is 24.8 Å². The summed E-state index contributed by atoms with van der Waals surface area (Å²) in [7, 11) is 0. The lowest BCUT2D eigenvalue weighted by Crippen LogP contribution is -2.29. The second kappa shape index (κ2) is 9.62. The number of aromatic nitrogens is 4. The molecule has 1 saturated heterocycles. The van der Waals surface area contributed by atoms with Gasteiger partial charge in [0, 0.05) is 47.6 Å². The first-order valence-electron chi connectivity index (χ1n) is 11.2. The third kappa shape index (κ3) is 4.71. The van der Waals surface area contributed by atoms with Crippen molar-refractivity contribution in [1.29, 1.82) is 0 Å². The molecule has 2 aromatic carbocycles. The average Bonchev–Trinajstić information content (AvgIpc) is 3.33. The molecule has 0 atom stereocenters. The Morgan fingerprint density at radius 3 is 2.67 bits per heavy atom. The van der Waals surface area contributed by atoms with E-state index in [4.69, 9.17) is 0 Å². The molecule has 168 valence electrons. The first-order valence-corrected chi connectivity index (χ1v) is 12.2. The molecular formula is C25H26N6OS. The molecule has 1 fully saturated rings. The zero-order chi connectivity index (χ0) is 22.6. The number of pyridine rings is 1. The number of amides is 1. The highest BCUT2D eigenvalue weighted by atomic mass is 32.2. The van der Waals surface area contributed by atoms with Crippen molar-refractivity contribution < 1.29 is 4.79 Å². The van der Waals surface area contributed by atoms with Gasteiger partial charge in [-0.15, -0.1) is 10.2 Å². The Morgan fingerprint density at radius 1 is 1.03 bits per heavy atom. The summed E-state index contributed by atoms with van der Waals surface area (Å²) in [5.41, 5.74) is 4.16. The number of rotatable bonds is 6. The normalized spacial score (nSPS) is 13.9. The number of thioether (sulfide) groups is 1. The van der Waals surface area contributed by atoms with Crippen molar-refractivity contribution in [2.24, 2.45) is 0 Å². The van der Waals surface area contributed by atoms with Gasteiger partial charge >= 0.3 is 0 Å². The van der Waals surface area contributed by atoms with Crippen LogP contribution in [0.2, 0.25) is 0 Å². The van der Waals surface area contributed by atoms with Gasteiger partial charge in [0.05, 0.1) is 11.4 Å². The summed E-state index contributed by atoms with van der Waals surface area (Å²) in [6, 6.07) is 14.3. The monoisotopic (exact) mass is 458 g/mol. The number of aryl methyl sites for hydroxylation is 1. The molecule has 0 aliphatic carbocycles. The fourth-order valence-electron chi connectivity index (χ4n) is 4.22. The van der Waals surface area contributed by atoms with Gasteiger partial charge < -0.3 is 10.2 Å². The van der Waals surface area contributed by atoms with Crippen LogP contribution in [0.3, 0.4) is 0 Å². The fourth-order valence-corrected chi connectivity index (χ4v) is 4.94. The van der Waals surface area contributed by atoms with Gasteiger partial charge in [0.15, 0.2) is 5.16 Å². The highest BCUT2D eigenvalue weighted by Crippen LogP contribution is 2.33. The summed E-state index contributed by atoms with van der Waals surface area (Å²) in [5, 5.41) is 14.0. The molecule has 0 unspecified atom stereocenters. The van der Waals surface area contributed by atoms with Crippen LogP contribution in [-0.4, -0.2) is 44.5 Å². The van der Waals surface area contributed by atoms with Gasteiger partial charge in [-0.05, 0) is 56.5 Å². The van der Waals surface area contributed by atoms with Crippen LogP contribution in [0.5, 0.6) is 0 Å². The van der Waals surface area contributed by atoms with Crippen molar-refractivity contribution in [1.82, 2.24) is 19.7 Å². The van der Waals surface area contributed by atoms with E-state index in [-0.39, 0.29) is 11.7 Å². The minimum absolute atomic E-state index is 0.0886. The quantitative estimate of drug-likeness (QED) is 0.417. The maximum absolute atomic E-state index is 12.8. The van der Waals surface area contributed by atoms with Crippen molar-refractivity contribution in [2.75, 3.05) is 29.1 Å². The second-order valence-electron chi connectivity index (χ2n) is 8.26. The van der Waals surface area contributed by atoms with Gasteiger partial charge in [-0.3, -0.25) is 14.3 Å². The van der Waals surface area contributed by atoms with E-state index in [0.717, 1.165) is 35.2 Å². The summed E-state index contributed by atoms with van der Waals surface area (Å²) in [6.07, 6.45) is 9.04. The van der Waals surface area contributed by atoms with Crippen LogP contribution in [0.25, 0.3) is 16.5 Å². The molecule has 4 aromatic rings. The number of anilines is 2. The van der Waals surface area contributed by atoms with Gasteiger partial charge in [-0.25, -0.2) is 0 Å². The number of carbonyl (C=O) groups excluding carboxylic acids is 1.